The fraction of sp³-hybridized carbons (Fsp3) is 0.389. The predicted molar refractivity (Wildman–Crippen MR) is 86.1 cm³/mol. The summed E-state index contributed by atoms with van der Waals surface area (Å²) in [5.74, 6) is 1.44. The lowest BCUT2D eigenvalue weighted by Gasteiger charge is -2.29. The van der Waals surface area contributed by atoms with Crippen LogP contribution < -0.4 is 4.74 Å². The highest BCUT2D eigenvalue weighted by atomic mass is 35.5. The van der Waals surface area contributed by atoms with Crippen molar-refractivity contribution >= 4 is 11.6 Å². The monoisotopic (exact) mass is 301 g/mol. The van der Waals surface area contributed by atoms with Crippen LogP contribution in [-0.4, -0.2) is 11.1 Å². The molecular weight excluding hydrogens is 282 g/mol. The molecule has 0 saturated heterocycles. The lowest BCUT2D eigenvalue weighted by molar-refractivity contribution is 0.146. The van der Waals surface area contributed by atoms with E-state index >= 15 is 0 Å². The maximum atomic E-state index is 6.25. The van der Waals surface area contributed by atoms with Crippen LogP contribution in [0.5, 0.6) is 5.75 Å². The molecule has 1 aromatic carbocycles. The second kappa shape index (κ2) is 6.48. The van der Waals surface area contributed by atoms with E-state index in [9.17, 15) is 0 Å². The van der Waals surface area contributed by atoms with Gasteiger partial charge in [0.25, 0.3) is 0 Å². The van der Waals surface area contributed by atoms with E-state index in [4.69, 9.17) is 16.3 Å². The Morgan fingerprint density at radius 2 is 1.76 bits per heavy atom. The lowest BCUT2D eigenvalue weighted by Crippen LogP contribution is -2.23. The number of ether oxygens (including phenoxy) is 1. The molecular formula is C18H20ClNO. The zero-order valence-electron chi connectivity index (χ0n) is 12.3. The normalized spacial score (nSPS) is 22.0. The summed E-state index contributed by atoms with van der Waals surface area (Å²) in [6.07, 6.45) is 6.54. The van der Waals surface area contributed by atoms with Crippen molar-refractivity contribution in [2.45, 2.75) is 44.6 Å². The number of benzene rings is 1. The van der Waals surface area contributed by atoms with Gasteiger partial charge in [0.05, 0.1) is 11.8 Å². The first-order valence-electron chi connectivity index (χ1n) is 7.56. The van der Waals surface area contributed by atoms with E-state index in [0.29, 0.717) is 10.9 Å². The highest BCUT2D eigenvalue weighted by Crippen LogP contribution is 2.36. The maximum absolute atomic E-state index is 6.25. The Hall–Kier alpha value is -1.54. The molecule has 1 aromatic heterocycles. The van der Waals surface area contributed by atoms with Crippen molar-refractivity contribution in [3.63, 3.8) is 0 Å². The SMILES string of the molecule is Cc1nccc(O[C@H]2CC[C@@H](c3ccccc3)CC2)c1Cl. The number of halogens is 1. The maximum Gasteiger partial charge on any atom is 0.141 e. The Morgan fingerprint density at radius 1 is 1.05 bits per heavy atom. The molecule has 0 amide bonds. The molecule has 1 saturated carbocycles. The molecule has 110 valence electrons. The smallest absolute Gasteiger partial charge is 0.141 e. The quantitative estimate of drug-likeness (QED) is 0.782. The number of aryl methyl sites for hydroxylation is 1. The molecule has 0 unspecified atom stereocenters. The van der Waals surface area contributed by atoms with Gasteiger partial charge in [-0.25, -0.2) is 0 Å². The van der Waals surface area contributed by atoms with E-state index in [0.717, 1.165) is 24.3 Å². The summed E-state index contributed by atoms with van der Waals surface area (Å²) in [4.78, 5) is 4.17. The van der Waals surface area contributed by atoms with E-state index < -0.39 is 0 Å². The minimum absolute atomic E-state index is 0.268. The molecule has 0 N–H and O–H groups in total. The third kappa shape index (κ3) is 3.38. The minimum Gasteiger partial charge on any atom is -0.489 e. The number of hydrogen-bond acceptors (Lipinski definition) is 2. The van der Waals surface area contributed by atoms with Gasteiger partial charge in [-0.3, -0.25) is 4.98 Å². The van der Waals surface area contributed by atoms with Crippen LogP contribution in [0.15, 0.2) is 42.6 Å². The van der Waals surface area contributed by atoms with Crippen molar-refractivity contribution in [3.05, 3.63) is 58.9 Å². The first-order chi connectivity index (χ1) is 10.2. The second-order valence-electron chi connectivity index (χ2n) is 5.71. The first-order valence-corrected chi connectivity index (χ1v) is 7.94. The number of hydrogen-bond donors (Lipinski definition) is 0. The molecule has 1 aliphatic carbocycles. The summed E-state index contributed by atoms with van der Waals surface area (Å²) in [5.41, 5.74) is 2.28. The Morgan fingerprint density at radius 3 is 2.48 bits per heavy atom. The van der Waals surface area contributed by atoms with Crippen molar-refractivity contribution in [2.24, 2.45) is 0 Å². The van der Waals surface area contributed by atoms with Crippen LogP contribution in [0.25, 0.3) is 0 Å². The van der Waals surface area contributed by atoms with Gasteiger partial charge in [-0.1, -0.05) is 41.9 Å². The van der Waals surface area contributed by atoms with Gasteiger partial charge in [-0.2, -0.15) is 0 Å². The third-order valence-corrected chi connectivity index (χ3v) is 4.73. The molecule has 21 heavy (non-hydrogen) atoms. The van der Waals surface area contributed by atoms with Crippen LogP contribution in [0.1, 0.15) is 42.9 Å². The van der Waals surface area contributed by atoms with Crippen LogP contribution in [0.2, 0.25) is 5.02 Å². The van der Waals surface area contributed by atoms with E-state index in [-0.39, 0.29) is 6.10 Å². The van der Waals surface area contributed by atoms with Crippen molar-refractivity contribution < 1.29 is 4.74 Å². The topological polar surface area (TPSA) is 22.1 Å². The van der Waals surface area contributed by atoms with Crippen molar-refractivity contribution in [1.29, 1.82) is 0 Å². The number of aromatic nitrogens is 1. The summed E-state index contributed by atoms with van der Waals surface area (Å²) >= 11 is 6.25. The Labute approximate surface area is 131 Å². The van der Waals surface area contributed by atoms with Crippen LogP contribution in [0.3, 0.4) is 0 Å². The third-order valence-electron chi connectivity index (χ3n) is 4.27. The number of rotatable bonds is 3. The Kier molecular flexibility index (Phi) is 4.45. The van der Waals surface area contributed by atoms with E-state index in [1.165, 1.54) is 18.4 Å². The molecule has 1 heterocycles. The highest BCUT2D eigenvalue weighted by molar-refractivity contribution is 6.32. The molecule has 3 heteroatoms. The summed E-state index contributed by atoms with van der Waals surface area (Å²) in [6, 6.07) is 12.6. The predicted octanol–water partition coefficient (Wildman–Crippen LogP) is 5.15. The van der Waals surface area contributed by atoms with Crippen molar-refractivity contribution in [1.82, 2.24) is 4.98 Å². The molecule has 0 bridgehead atoms. The van der Waals surface area contributed by atoms with Gasteiger partial charge in [-0.05, 0) is 44.1 Å². The second-order valence-corrected chi connectivity index (χ2v) is 6.09. The average molecular weight is 302 g/mol. The van der Waals surface area contributed by atoms with Gasteiger partial charge in [0.1, 0.15) is 10.8 Å². The number of pyridine rings is 1. The van der Waals surface area contributed by atoms with Crippen LogP contribution in [0, 0.1) is 6.92 Å². The molecule has 1 aliphatic rings. The number of nitrogens with zero attached hydrogens (tertiary/aromatic N) is 1. The molecule has 2 nitrogen and oxygen atoms in total. The molecule has 2 aromatic rings. The van der Waals surface area contributed by atoms with Crippen LogP contribution in [0.4, 0.5) is 0 Å². The van der Waals surface area contributed by atoms with Crippen LogP contribution in [-0.2, 0) is 0 Å². The lowest BCUT2D eigenvalue weighted by atomic mass is 9.83. The summed E-state index contributed by atoms with van der Waals surface area (Å²) < 4.78 is 6.08. The minimum atomic E-state index is 0.268. The fourth-order valence-corrected chi connectivity index (χ4v) is 3.19. The van der Waals surface area contributed by atoms with Gasteiger partial charge in [0.15, 0.2) is 0 Å². The average Bonchev–Trinajstić information content (AvgIpc) is 2.53. The van der Waals surface area contributed by atoms with E-state index in [1.54, 1.807) is 6.20 Å². The molecule has 3 rings (SSSR count). The van der Waals surface area contributed by atoms with E-state index in [1.807, 2.05) is 13.0 Å². The summed E-state index contributed by atoms with van der Waals surface area (Å²) in [7, 11) is 0. The molecule has 0 atom stereocenters. The Bertz CT molecular complexity index is 591. The standard InChI is InChI=1S/C18H20ClNO/c1-13-18(19)17(11-12-20-13)21-16-9-7-15(8-10-16)14-5-3-2-4-6-14/h2-6,11-12,15-16H,7-10H2,1H3/t15-,16+. The Balaban J connectivity index is 1.60. The largest absolute Gasteiger partial charge is 0.489 e. The zero-order valence-corrected chi connectivity index (χ0v) is 13.0. The fourth-order valence-electron chi connectivity index (χ4n) is 3.03. The first kappa shape index (κ1) is 14.4. The zero-order chi connectivity index (χ0) is 14.7. The highest BCUT2D eigenvalue weighted by Gasteiger charge is 2.24. The van der Waals surface area contributed by atoms with Gasteiger partial charge < -0.3 is 4.74 Å². The van der Waals surface area contributed by atoms with Gasteiger partial charge in [0.2, 0.25) is 0 Å². The molecule has 0 spiro atoms. The molecule has 0 aliphatic heterocycles. The van der Waals surface area contributed by atoms with Gasteiger partial charge in [-0.15, -0.1) is 0 Å². The van der Waals surface area contributed by atoms with E-state index in [2.05, 4.69) is 35.3 Å². The van der Waals surface area contributed by atoms with Crippen molar-refractivity contribution in [2.75, 3.05) is 0 Å². The molecule has 0 radical (unpaired) electrons. The van der Waals surface area contributed by atoms with Gasteiger partial charge in [0, 0.05) is 12.3 Å². The summed E-state index contributed by atoms with van der Waals surface area (Å²) in [5, 5.41) is 0.641. The molecule has 1 fully saturated rings. The van der Waals surface area contributed by atoms with Crippen molar-refractivity contribution in [3.8, 4) is 5.75 Å². The summed E-state index contributed by atoms with van der Waals surface area (Å²) in [6.45, 7) is 1.90. The van der Waals surface area contributed by atoms with Crippen LogP contribution >= 0.6 is 11.6 Å². The van der Waals surface area contributed by atoms with Gasteiger partial charge >= 0.3 is 0 Å².